The second kappa shape index (κ2) is 12.7. The first-order valence-corrected chi connectivity index (χ1v) is 14.5. The van der Waals surface area contributed by atoms with Gasteiger partial charge in [0.25, 0.3) is 0 Å². The number of nitrogens with one attached hydrogen (secondary N) is 1. The molecule has 214 valence electrons. The van der Waals surface area contributed by atoms with Crippen molar-refractivity contribution < 1.29 is 35.9 Å². The van der Waals surface area contributed by atoms with Crippen molar-refractivity contribution in [2.45, 2.75) is 63.8 Å². The number of nitrogens with zero attached hydrogens (tertiary/aromatic N) is 2. The molecule has 1 aliphatic rings. The summed E-state index contributed by atoms with van der Waals surface area (Å²) in [5.74, 6) is -0.527. The average molecular weight is 570 g/mol. The summed E-state index contributed by atoms with van der Waals surface area (Å²) in [4.78, 5) is 28.0. The van der Waals surface area contributed by atoms with Crippen LogP contribution in [0.1, 0.15) is 50.2 Å². The van der Waals surface area contributed by atoms with Gasteiger partial charge in [-0.15, -0.1) is 0 Å². The number of carbonyl (C=O) groups excluding carboxylic acids is 2. The second-order valence-electron chi connectivity index (χ2n) is 9.71. The summed E-state index contributed by atoms with van der Waals surface area (Å²) in [5.41, 5.74) is -0.688. The summed E-state index contributed by atoms with van der Waals surface area (Å²) in [6.07, 6.45) is 0.872. The standard InChI is InChI=1S/C27H34F3N3O5S/c1-19(26(35)31-22-9-5-4-6-10-22)32(17-20-12-14-24(38-2)15-13-20)25(34)18-33(39(3,36)37)23-11-7-8-21(16-23)27(28,29)30/h7-8,11-16,19,22H,4-6,9-10,17-18H2,1-3H3,(H,31,35)/t19-/m0/s1. The van der Waals surface area contributed by atoms with E-state index in [9.17, 15) is 31.2 Å². The quantitative estimate of drug-likeness (QED) is 0.459. The van der Waals surface area contributed by atoms with E-state index in [4.69, 9.17) is 4.74 Å². The number of anilines is 1. The molecule has 3 rings (SSSR count). The Labute approximate surface area is 227 Å². The smallest absolute Gasteiger partial charge is 0.416 e. The van der Waals surface area contributed by atoms with E-state index in [0.29, 0.717) is 21.7 Å². The molecule has 1 fully saturated rings. The lowest BCUT2D eigenvalue weighted by Gasteiger charge is -2.33. The molecule has 0 unspecified atom stereocenters. The molecule has 0 spiro atoms. The molecule has 0 aliphatic heterocycles. The average Bonchev–Trinajstić information content (AvgIpc) is 2.89. The lowest BCUT2D eigenvalue weighted by Crippen LogP contribution is -2.53. The lowest BCUT2D eigenvalue weighted by atomic mass is 9.95. The highest BCUT2D eigenvalue weighted by Crippen LogP contribution is 2.32. The van der Waals surface area contributed by atoms with Crippen LogP contribution in [0.4, 0.5) is 18.9 Å². The minimum Gasteiger partial charge on any atom is -0.497 e. The number of methoxy groups -OCH3 is 1. The molecule has 2 amide bonds. The van der Waals surface area contributed by atoms with Crippen LogP contribution in [-0.4, -0.2) is 57.1 Å². The van der Waals surface area contributed by atoms with E-state index in [2.05, 4.69) is 5.32 Å². The fourth-order valence-electron chi connectivity index (χ4n) is 4.53. The molecule has 0 heterocycles. The summed E-state index contributed by atoms with van der Waals surface area (Å²) in [5, 5.41) is 2.99. The van der Waals surface area contributed by atoms with Crippen LogP contribution < -0.4 is 14.4 Å². The van der Waals surface area contributed by atoms with E-state index in [1.54, 1.807) is 31.2 Å². The van der Waals surface area contributed by atoms with Gasteiger partial charge in [-0.3, -0.25) is 13.9 Å². The molecular formula is C27H34F3N3O5S. The molecule has 39 heavy (non-hydrogen) atoms. The summed E-state index contributed by atoms with van der Waals surface area (Å²) in [7, 11) is -2.65. The first-order chi connectivity index (χ1) is 18.3. The first kappa shape index (κ1) is 30.3. The number of rotatable bonds is 10. The van der Waals surface area contributed by atoms with Crippen LogP contribution >= 0.6 is 0 Å². The fraction of sp³-hybridized carbons (Fsp3) is 0.481. The van der Waals surface area contributed by atoms with E-state index in [1.807, 2.05) is 0 Å². The van der Waals surface area contributed by atoms with Crippen molar-refractivity contribution in [2.24, 2.45) is 0 Å². The highest BCUT2D eigenvalue weighted by Gasteiger charge is 2.34. The topological polar surface area (TPSA) is 96.0 Å². The van der Waals surface area contributed by atoms with Crippen molar-refractivity contribution >= 4 is 27.5 Å². The van der Waals surface area contributed by atoms with Crippen LogP contribution in [0.2, 0.25) is 0 Å². The third kappa shape index (κ3) is 8.35. The van der Waals surface area contributed by atoms with Crippen LogP contribution in [0.3, 0.4) is 0 Å². The van der Waals surface area contributed by atoms with Crippen molar-refractivity contribution in [3.05, 3.63) is 59.7 Å². The number of halogens is 3. The Morgan fingerprint density at radius 1 is 1.08 bits per heavy atom. The van der Waals surface area contributed by atoms with Crippen molar-refractivity contribution in [3.63, 3.8) is 0 Å². The van der Waals surface area contributed by atoms with Crippen molar-refractivity contribution in [1.29, 1.82) is 0 Å². The van der Waals surface area contributed by atoms with Crippen LogP contribution in [0.5, 0.6) is 5.75 Å². The molecule has 0 saturated heterocycles. The summed E-state index contributed by atoms with van der Waals surface area (Å²) < 4.78 is 71.0. The van der Waals surface area contributed by atoms with Crippen LogP contribution in [0.25, 0.3) is 0 Å². The van der Waals surface area contributed by atoms with Gasteiger partial charge in [0.05, 0.1) is 24.6 Å². The largest absolute Gasteiger partial charge is 0.497 e. The van der Waals surface area contributed by atoms with Crippen LogP contribution in [0.15, 0.2) is 48.5 Å². The Kier molecular flexibility index (Phi) is 9.87. The van der Waals surface area contributed by atoms with E-state index in [1.165, 1.54) is 18.1 Å². The number of sulfonamides is 1. The molecule has 0 bridgehead atoms. The predicted octanol–water partition coefficient (Wildman–Crippen LogP) is 4.35. The zero-order chi connectivity index (χ0) is 28.8. The highest BCUT2D eigenvalue weighted by atomic mass is 32.2. The van der Waals surface area contributed by atoms with Gasteiger partial charge in [0, 0.05) is 12.6 Å². The van der Waals surface area contributed by atoms with E-state index < -0.39 is 40.3 Å². The van der Waals surface area contributed by atoms with E-state index in [0.717, 1.165) is 50.5 Å². The third-order valence-electron chi connectivity index (χ3n) is 6.77. The Bertz CT molecular complexity index is 1250. The zero-order valence-corrected chi connectivity index (χ0v) is 23.0. The fourth-order valence-corrected chi connectivity index (χ4v) is 5.37. The number of benzene rings is 2. The molecule has 2 aromatic carbocycles. The van der Waals surface area contributed by atoms with Gasteiger partial charge >= 0.3 is 6.18 Å². The highest BCUT2D eigenvalue weighted by molar-refractivity contribution is 7.92. The van der Waals surface area contributed by atoms with Gasteiger partial charge in [0.2, 0.25) is 21.8 Å². The molecule has 1 saturated carbocycles. The van der Waals surface area contributed by atoms with Gasteiger partial charge in [0.15, 0.2) is 0 Å². The molecule has 0 aromatic heterocycles. The van der Waals surface area contributed by atoms with Crippen molar-refractivity contribution in [1.82, 2.24) is 10.2 Å². The van der Waals surface area contributed by atoms with E-state index in [-0.39, 0.29) is 24.2 Å². The minimum absolute atomic E-state index is 0.00994. The maximum atomic E-state index is 13.6. The number of hydrogen-bond acceptors (Lipinski definition) is 5. The molecule has 8 nitrogen and oxygen atoms in total. The molecule has 1 atom stereocenters. The summed E-state index contributed by atoms with van der Waals surface area (Å²) in [6, 6.07) is 9.60. The van der Waals surface area contributed by atoms with E-state index >= 15 is 0 Å². The Hall–Kier alpha value is -3.28. The van der Waals surface area contributed by atoms with Gasteiger partial charge in [-0.1, -0.05) is 37.5 Å². The normalized spacial score (nSPS) is 15.3. The Morgan fingerprint density at radius 2 is 1.72 bits per heavy atom. The van der Waals surface area contributed by atoms with Gasteiger partial charge in [-0.05, 0) is 55.7 Å². The number of hydrogen-bond donors (Lipinski definition) is 1. The number of carbonyl (C=O) groups is 2. The maximum Gasteiger partial charge on any atom is 0.416 e. The summed E-state index contributed by atoms with van der Waals surface area (Å²) >= 11 is 0. The molecule has 1 N–H and O–H groups in total. The van der Waals surface area contributed by atoms with Crippen molar-refractivity contribution in [2.75, 3.05) is 24.2 Å². The van der Waals surface area contributed by atoms with Crippen LogP contribution in [-0.2, 0) is 32.3 Å². The SMILES string of the molecule is COc1ccc(CN(C(=O)CN(c2cccc(C(F)(F)F)c2)S(C)(=O)=O)[C@@H](C)C(=O)NC2CCCCC2)cc1. The maximum absolute atomic E-state index is 13.6. The minimum atomic E-state index is -4.70. The monoisotopic (exact) mass is 569 g/mol. The van der Waals surface area contributed by atoms with Gasteiger partial charge < -0.3 is 15.0 Å². The third-order valence-corrected chi connectivity index (χ3v) is 7.91. The molecular weight excluding hydrogens is 535 g/mol. The number of alkyl halides is 3. The first-order valence-electron chi connectivity index (χ1n) is 12.7. The number of amides is 2. The van der Waals surface area contributed by atoms with Crippen LogP contribution in [0, 0.1) is 0 Å². The van der Waals surface area contributed by atoms with Gasteiger partial charge in [-0.2, -0.15) is 13.2 Å². The predicted molar refractivity (Wildman–Crippen MR) is 142 cm³/mol. The Balaban J connectivity index is 1.90. The molecule has 1 aliphatic carbocycles. The molecule has 0 radical (unpaired) electrons. The second-order valence-corrected chi connectivity index (χ2v) is 11.6. The van der Waals surface area contributed by atoms with Crippen molar-refractivity contribution in [3.8, 4) is 5.75 Å². The van der Waals surface area contributed by atoms with Gasteiger partial charge in [-0.25, -0.2) is 8.42 Å². The van der Waals surface area contributed by atoms with Gasteiger partial charge in [0.1, 0.15) is 18.3 Å². The molecule has 2 aromatic rings. The lowest BCUT2D eigenvalue weighted by molar-refractivity contribution is -0.139. The number of ether oxygens (including phenoxy) is 1. The summed E-state index contributed by atoms with van der Waals surface area (Å²) in [6.45, 7) is 0.744. The molecule has 12 heteroatoms. The Morgan fingerprint density at radius 3 is 2.28 bits per heavy atom. The zero-order valence-electron chi connectivity index (χ0n) is 22.2.